The Balaban J connectivity index is 2.06. The van der Waals surface area contributed by atoms with Crippen molar-refractivity contribution in [2.45, 2.75) is 26.2 Å². The summed E-state index contributed by atoms with van der Waals surface area (Å²) in [7, 11) is 0. The fourth-order valence-corrected chi connectivity index (χ4v) is 2.17. The molecule has 1 aliphatic carbocycles. The molecule has 1 fully saturated rings. The summed E-state index contributed by atoms with van der Waals surface area (Å²) in [6.07, 6.45) is 7.25. The van der Waals surface area contributed by atoms with E-state index in [1.165, 1.54) is 6.92 Å². The van der Waals surface area contributed by atoms with Crippen LogP contribution in [0, 0.1) is 11.8 Å². The number of amides is 4. The van der Waals surface area contributed by atoms with E-state index in [2.05, 4.69) is 11.4 Å². The average molecular weight is 236 g/mol. The van der Waals surface area contributed by atoms with E-state index in [0.29, 0.717) is 6.54 Å². The second-order valence-electron chi connectivity index (χ2n) is 4.58. The first-order valence-corrected chi connectivity index (χ1v) is 5.92. The number of allylic oxidation sites excluding steroid dienone is 1. The van der Waals surface area contributed by atoms with Crippen LogP contribution in [-0.4, -0.2) is 29.3 Å². The van der Waals surface area contributed by atoms with Crippen LogP contribution in [0.3, 0.4) is 0 Å². The summed E-state index contributed by atoms with van der Waals surface area (Å²) < 4.78 is 0. The van der Waals surface area contributed by atoms with Crippen molar-refractivity contribution in [2.75, 3.05) is 6.54 Å². The number of hydrogen-bond acceptors (Lipinski definition) is 3. The van der Waals surface area contributed by atoms with E-state index < -0.39 is 23.8 Å². The number of urea groups is 1. The summed E-state index contributed by atoms with van der Waals surface area (Å²) >= 11 is 0. The van der Waals surface area contributed by atoms with E-state index in [1.54, 1.807) is 0 Å². The van der Waals surface area contributed by atoms with Crippen molar-refractivity contribution in [3.8, 4) is 0 Å². The molecule has 92 valence electrons. The second kappa shape index (κ2) is 4.69. The minimum Gasteiger partial charge on any atom is -0.277 e. The van der Waals surface area contributed by atoms with Gasteiger partial charge in [-0.2, -0.15) is 0 Å². The molecule has 2 atom stereocenters. The molecule has 1 heterocycles. The normalized spacial score (nSPS) is 29.5. The van der Waals surface area contributed by atoms with Gasteiger partial charge < -0.3 is 0 Å². The Kier molecular flexibility index (Phi) is 3.26. The SMILES string of the molecule is CC1C(=O)NC(=O)N(CC2C=CCCC2)C1=O. The number of carbonyl (C=O) groups excluding carboxylic acids is 3. The molecular formula is C12H16N2O3. The molecule has 2 rings (SSSR count). The van der Waals surface area contributed by atoms with Crippen LogP contribution in [0.2, 0.25) is 0 Å². The number of imide groups is 2. The molecule has 17 heavy (non-hydrogen) atoms. The molecule has 0 aromatic rings. The van der Waals surface area contributed by atoms with Gasteiger partial charge in [-0.1, -0.05) is 12.2 Å². The van der Waals surface area contributed by atoms with Crippen molar-refractivity contribution in [2.24, 2.45) is 11.8 Å². The highest BCUT2D eigenvalue weighted by Gasteiger charge is 2.38. The van der Waals surface area contributed by atoms with Crippen LogP contribution in [0.1, 0.15) is 26.2 Å². The van der Waals surface area contributed by atoms with E-state index >= 15 is 0 Å². The fourth-order valence-electron chi connectivity index (χ4n) is 2.17. The second-order valence-corrected chi connectivity index (χ2v) is 4.58. The third-order valence-electron chi connectivity index (χ3n) is 3.28. The summed E-state index contributed by atoms with van der Waals surface area (Å²) in [6, 6.07) is -0.586. The molecular weight excluding hydrogens is 220 g/mol. The lowest BCUT2D eigenvalue weighted by Gasteiger charge is -2.31. The number of rotatable bonds is 2. The highest BCUT2D eigenvalue weighted by atomic mass is 16.2. The van der Waals surface area contributed by atoms with E-state index in [9.17, 15) is 14.4 Å². The number of barbiturate groups is 1. The molecule has 1 N–H and O–H groups in total. The Labute approximate surface area is 99.8 Å². The number of hydrogen-bond donors (Lipinski definition) is 1. The minimum atomic E-state index is -0.764. The number of nitrogens with zero attached hydrogens (tertiary/aromatic N) is 1. The molecule has 0 radical (unpaired) electrons. The van der Waals surface area contributed by atoms with Crippen LogP contribution in [0.5, 0.6) is 0 Å². The maximum Gasteiger partial charge on any atom is 0.330 e. The number of carbonyl (C=O) groups is 3. The van der Waals surface area contributed by atoms with Crippen molar-refractivity contribution < 1.29 is 14.4 Å². The van der Waals surface area contributed by atoms with Crippen molar-refractivity contribution >= 4 is 17.8 Å². The quantitative estimate of drug-likeness (QED) is 0.576. The van der Waals surface area contributed by atoms with Crippen LogP contribution in [0.25, 0.3) is 0 Å². The Bertz CT molecular complexity index is 389. The monoisotopic (exact) mass is 236 g/mol. The predicted octanol–water partition coefficient (Wildman–Crippen LogP) is 1.06. The minimum absolute atomic E-state index is 0.221. The predicted molar refractivity (Wildman–Crippen MR) is 60.9 cm³/mol. The van der Waals surface area contributed by atoms with Gasteiger partial charge in [0.2, 0.25) is 11.8 Å². The lowest BCUT2D eigenvalue weighted by Crippen LogP contribution is -2.58. The van der Waals surface area contributed by atoms with Gasteiger partial charge in [0, 0.05) is 6.54 Å². The van der Waals surface area contributed by atoms with Gasteiger partial charge in [0.05, 0.1) is 0 Å². The van der Waals surface area contributed by atoms with Crippen LogP contribution in [-0.2, 0) is 9.59 Å². The maximum absolute atomic E-state index is 11.8. The van der Waals surface area contributed by atoms with E-state index in [1.807, 2.05) is 6.08 Å². The van der Waals surface area contributed by atoms with Crippen LogP contribution in [0.4, 0.5) is 4.79 Å². The first-order valence-electron chi connectivity index (χ1n) is 5.92. The molecule has 5 nitrogen and oxygen atoms in total. The highest BCUT2D eigenvalue weighted by Crippen LogP contribution is 2.20. The molecule has 0 spiro atoms. The van der Waals surface area contributed by atoms with Gasteiger partial charge >= 0.3 is 6.03 Å². The maximum atomic E-state index is 11.8. The lowest BCUT2D eigenvalue weighted by atomic mass is 9.94. The number of nitrogens with one attached hydrogen (secondary N) is 1. The van der Waals surface area contributed by atoms with Crippen molar-refractivity contribution in [1.29, 1.82) is 0 Å². The zero-order valence-electron chi connectivity index (χ0n) is 9.81. The molecule has 2 aliphatic rings. The van der Waals surface area contributed by atoms with E-state index in [-0.39, 0.29) is 5.92 Å². The van der Waals surface area contributed by atoms with Gasteiger partial charge in [-0.25, -0.2) is 4.79 Å². The first-order chi connectivity index (χ1) is 8.09. The van der Waals surface area contributed by atoms with Crippen molar-refractivity contribution in [1.82, 2.24) is 10.2 Å². The third-order valence-corrected chi connectivity index (χ3v) is 3.28. The van der Waals surface area contributed by atoms with Gasteiger partial charge in [-0.05, 0) is 32.1 Å². The van der Waals surface area contributed by atoms with Crippen LogP contribution in [0.15, 0.2) is 12.2 Å². The van der Waals surface area contributed by atoms with E-state index in [0.717, 1.165) is 24.2 Å². The molecule has 5 heteroatoms. The van der Waals surface area contributed by atoms with E-state index in [4.69, 9.17) is 0 Å². The summed E-state index contributed by atoms with van der Waals surface area (Å²) in [5, 5.41) is 2.20. The molecule has 1 aliphatic heterocycles. The van der Waals surface area contributed by atoms with Crippen LogP contribution >= 0.6 is 0 Å². The van der Waals surface area contributed by atoms with Gasteiger partial charge in [0.1, 0.15) is 5.92 Å². The van der Waals surface area contributed by atoms with Crippen molar-refractivity contribution in [3.63, 3.8) is 0 Å². The van der Waals surface area contributed by atoms with Crippen LogP contribution < -0.4 is 5.32 Å². The average Bonchev–Trinajstić information content (AvgIpc) is 2.33. The zero-order chi connectivity index (χ0) is 12.4. The molecule has 4 amide bonds. The Morgan fingerprint density at radius 2 is 2.18 bits per heavy atom. The third kappa shape index (κ3) is 2.38. The Hall–Kier alpha value is -1.65. The molecule has 0 aromatic heterocycles. The summed E-state index contributed by atoms with van der Waals surface area (Å²) in [4.78, 5) is 35.8. The summed E-state index contributed by atoms with van der Waals surface area (Å²) in [5.74, 6) is -1.44. The molecule has 0 saturated carbocycles. The van der Waals surface area contributed by atoms with Gasteiger partial charge in [-0.3, -0.25) is 19.8 Å². The Morgan fingerprint density at radius 1 is 1.41 bits per heavy atom. The van der Waals surface area contributed by atoms with Gasteiger partial charge in [0.25, 0.3) is 0 Å². The summed E-state index contributed by atoms with van der Waals surface area (Å²) in [6.45, 7) is 1.90. The largest absolute Gasteiger partial charge is 0.330 e. The molecule has 2 unspecified atom stereocenters. The topological polar surface area (TPSA) is 66.5 Å². The summed E-state index contributed by atoms with van der Waals surface area (Å²) in [5.41, 5.74) is 0. The molecule has 1 saturated heterocycles. The lowest BCUT2D eigenvalue weighted by molar-refractivity contribution is -0.142. The highest BCUT2D eigenvalue weighted by molar-refractivity contribution is 6.15. The van der Waals surface area contributed by atoms with Crippen molar-refractivity contribution in [3.05, 3.63) is 12.2 Å². The van der Waals surface area contributed by atoms with Gasteiger partial charge in [-0.15, -0.1) is 0 Å². The zero-order valence-corrected chi connectivity index (χ0v) is 9.81. The smallest absolute Gasteiger partial charge is 0.277 e. The molecule has 0 aromatic carbocycles. The van der Waals surface area contributed by atoms with Gasteiger partial charge in [0.15, 0.2) is 0 Å². The fraction of sp³-hybridized carbons (Fsp3) is 0.583. The Morgan fingerprint density at radius 3 is 2.82 bits per heavy atom. The standard InChI is InChI=1S/C12H16N2O3/c1-8-10(15)13-12(17)14(11(8)16)7-9-5-3-2-4-6-9/h3,5,8-9H,2,4,6-7H2,1H3,(H,13,15,17). The molecule has 0 bridgehead atoms. The first kappa shape index (κ1) is 11.8.